The van der Waals surface area contributed by atoms with E-state index in [1.165, 1.54) is 6.20 Å². The third kappa shape index (κ3) is 2.19. The number of nitriles is 1. The van der Waals surface area contributed by atoms with Gasteiger partial charge >= 0.3 is 5.97 Å². The molecule has 0 radical (unpaired) electrons. The third-order valence-electron chi connectivity index (χ3n) is 4.28. The number of hydrogen-bond acceptors (Lipinski definition) is 5. The number of nitrogens with zero attached hydrogens (tertiary/aromatic N) is 3. The molecule has 2 N–H and O–H groups in total. The highest BCUT2D eigenvalue weighted by molar-refractivity contribution is 7.16. The van der Waals surface area contributed by atoms with Crippen LogP contribution >= 0.6 is 11.3 Å². The number of carboxylic acid groups (broad SMARTS) is 1. The minimum Gasteiger partial charge on any atom is -0.477 e. The van der Waals surface area contributed by atoms with Crippen LogP contribution in [-0.2, 0) is 6.54 Å². The van der Waals surface area contributed by atoms with Gasteiger partial charge in [0.25, 0.3) is 0 Å². The van der Waals surface area contributed by atoms with Gasteiger partial charge in [0.2, 0.25) is 0 Å². The Morgan fingerprint density at radius 1 is 1.50 bits per heavy atom. The van der Waals surface area contributed by atoms with Crippen LogP contribution in [0.15, 0.2) is 24.4 Å². The fourth-order valence-electron chi connectivity index (χ4n) is 3.28. The van der Waals surface area contributed by atoms with Crippen molar-refractivity contribution in [1.82, 2.24) is 14.9 Å². The minimum absolute atomic E-state index is 0.192. The summed E-state index contributed by atoms with van der Waals surface area (Å²) in [4.78, 5) is 15.4. The van der Waals surface area contributed by atoms with Crippen molar-refractivity contribution in [2.24, 2.45) is 0 Å². The van der Waals surface area contributed by atoms with Crippen LogP contribution < -0.4 is 5.32 Å². The lowest BCUT2D eigenvalue weighted by Gasteiger charge is -2.25. The van der Waals surface area contributed by atoms with E-state index in [-0.39, 0.29) is 10.9 Å². The zero-order valence-corrected chi connectivity index (χ0v) is 13.7. The van der Waals surface area contributed by atoms with Gasteiger partial charge in [0.1, 0.15) is 16.0 Å². The molecule has 2 aromatic heterocycles. The van der Waals surface area contributed by atoms with Crippen molar-refractivity contribution in [3.05, 3.63) is 40.5 Å². The zero-order chi connectivity index (χ0) is 16.8. The summed E-state index contributed by atoms with van der Waals surface area (Å²) in [5, 5.41) is 23.7. The summed E-state index contributed by atoms with van der Waals surface area (Å²) >= 11 is 1.12. The maximum absolute atomic E-state index is 11.1. The van der Waals surface area contributed by atoms with Gasteiger partial charge in [0.05, 0.1) is 17.3 Å². The van der Waals surface area contributed by atoms with Crippen molar-refractivity contribution in [1.29, 1.82) is 5.26 Å². The molecule has 1 atom stereocenters. The number of aromatic carboxylic acids is 1. The first kappa shape index (κ1) is 14.9. The molecule has 1 aliphatic heterocycles. The lowest BCUT2D eigenvalue weighted by molar-refractivity contribution is 0.0702. The smallest absolute Gasteiger partial charge is 0.347 e. The second-order valence-electron chi connectivity index (χ2n) is 5.89. The molecule has 0 aliphatic carbocycles. The molecule has 4 rings (SSSR count). The van der Waals surface area contributed by atoms with Crippen LogP contribution in [0.25, 0.3) is 21.5 Å². The molecule has 7 heteroatoms. The highest BCUT2D eigenvalue weighted by Gasteiger charge is 2.21. The van der Waals surface area contributed by atoms with Gasteiger partial charge in [0.15, 0.2) is 0 Å². The normalized spacial score (nSPS) is 16.8. The fraction of sp³-hybridized carbons (Fsp3) is 0.235. The molecule has 24 heavy (non-hydrogen) atoms. The van der Waals surface area contributed by atoms with E-state index < -0.39 is 5.97 Å². The minimum atomic E-state index is -0.987. The highest BCUT2D eigenvalue weighted by atomic mass is 32.1. The molecule has 3 heterocycles. The Morgan fingerprint density at radius 2 is 2.33 bits per heavy atom. The number of thiazole rings is 1. The molecular formula is C17H14N4O2S. The number of rotatable bonds is 2. The van der Waals surface area contributed by atoms with E-state index in [2.05, 4.69) is 33.9 Å². The molecule has 0 saturated heterocycles. The third-order valence-corrected chi connectivity index (χ3v) is 5.32. The van der Waals surface area contributed by atoms with Gasteiger partial charge in [-0.25, -0.2) is 9.78 Å². The number of aromatic nitrogens is 2. The van der Waals surface area contributed by atoms with Crippen LogP contribution in [0.1, 0.15) is 33.9 Å². The Kier molecular flexibility index (Phi) is 3.37. The number of benzene rings is 1. The zero-order valence-electron chi connectivity index (χ0n) is 12.9. The number of hydrogen-bond donors (Lipinski definition) is 2. The lowest BCUT2D eigenvalue weighted by atomic mass is 10.1. The largest absolute Gasteiger partial charge is 0.477 e. The van der Waals surface area contributed by atoms with Crippen molar-refractivity contribution in [3.63, 3.8) is 0 Å². The summed E-state index contributed by atoms with van der Waals surface area (Å²) in [5.74, 6) is -0.987. The lowest BCUT2D eigenvalue weighted by Crippen LogP contribution is -2.31. The molecule has 120 valence electrons. The SMILES string of the molecule is C[C@H]1CNCc2cc3cc(-c4ncc(C(=O)O)s4)cc(C#N)c3n21. The average Bonchev–Trinajstić information content (AvgIpc) is 3.19. The number of carboxylic acids is 1. The van der Waals surface area contributed by atoms with Crippen LogP contribution in [0, 0.1) is 11.3 Å². The van der Waals surface area contributed by atoms with E-state index in [4.69, 9.17) is 5.11 Å². The van der Waals surface area contributed by atoms with E-state index in [1.54, 1.807) is 6.07 Å². The standard InChI is InChI=1S/C17H14N4O2S/c1-9-6-19-7-13-4-10-2-11(3-12(5-18)15(10)21(9)13)16-20-8-14(24-16)17(22)23/h2-4,8-9,19H,6-7H2,1H3,(H,22,23)/t9-/m0/s1. The Hall–Kier alpha value is -2.69. The first-order valence-corrected chi connectivity index (χ1v) is 8.38. The van der Waals surface area contributed by atoms with Gasteiger partial charge in [-0.05, 0) is 25.1 Å². The van der Waals surface area contributed by atoms with Gasteiger partial charge in [0, 0.05) is 35.8 Å². The van der Waals surface area contributed by atoms with Gasteiger partial charge in [-0.1, -0.05) is 0 Å². The predicted molar refractivity (Wildman–Crippen MR) is 91.1 cm³/mol. The molecule has 1 aromatic carbocycles. The average molecular weight is 338 g/mol. The molecule has 0 bridgehead atoms. The molecule has 0 fully saturated rings. The highest BCUT2D eigenvalue weighted by Crippen LogP contribution is 2.34. The summed E-state index contributed by atoms with van der Waals surface area (Å²) in [7, 11) is 0. The molecule has 1 aliphatic rings. The van der Waals surface area contributed by atoms with E-state index in [9.17, 15) is 10.1 Å². The van der Waals surface area contributed by atoms with Crippen molar-refractivity contribution in [2.75, 3.05) is 6.54 Å². The molecule has 0 amide bonds. The molecule has 6 nitrogen and oxygen atoms in total. The second kappa shape index (κ2) is 5.44. The molecule has 3 aromatic rings. The van der Waals surface area contributed by atoms with Crippen molar-refractivity contribution >= 4 is 28.2 Å². The molecule has 0 saturated carbocycles. The summed E-state index contributed by atoms with van der Waals surface area (Å²) < 4.78 is 2.22. The van der Waals surface area contributed by atoms with E-state index in [1.807, 2.05) is 6.07 Å². The first-order chi connectivity index (χ1) is 11.6. The molecule has 0 spiro atoms. The first-order valence-electron chi connectivity index (χ1n) is 7.56. The predicted octanol–water partition coefficient (Wildman–Crippen LogP) is 3.00. The molecule has 0 unspecified atom stereocenters. The quantitative estimate of drug-likeness (QED) is 0.749. The van der Waals surface area contributed by atoms with E-state index >= 15 is 0 Å². The van der Waals surface area contributed by atoms with Crippen LogP contribution in [0.2, 0.25) is 0 Å². The second-order valence-corrected chi connectivity index (χ2v) is 6.92. The molecular weight excluding hydrogens is 324 g/mol. The number of nitrogens with one attached hydrogen (secondary N) is 1. The summed E-state index contributed by atoms with van der Waals surface area (Å²) in [6, 6.07) is 8.44. The Morgan fingerprint density at radius 3 is 3.04 bits per heavy atom. The van der Waals surface area contributed by atoms with Gasteiger partial charge < -0.3 is 15.0 Å². The van der Waals surface area contributed by atoms with Crippen LogP contribution in [0.3, 0.4) is 0 Å². The van der Waals surface area contributed by atoms with Crippen molar-refractivity contribution < 1.29 is 9.90 Å². The van der Waals surface area contributed by atoms with E-state index in [0.717, 1.165) is 46.6 Å². The topological polar surface area (TPSA) is 90.9 Å². The van der Waals surface area contributed by atoms with Crippen LogP contribution in [0.5, 0.6) is 0 Å². The maximum atomic E-state index is 11.1. The van der Waals surface area contributed by atoms with Crippen molar-refractivity contribution in [3.8, 4) is 16.6 Å². The monoisotopic (exact) mass is 338 g/mol. The Balaban J connectivity index is 1.93. The Bertz CT molecular complexity index is 1010. The number of carbonyl (C=O) groups is 1. The Labute approximate surface area is 142 Å². The van der Waals surface area contributed by atoms with Gasteiger partial charge in [-0.3, -0.25) is 0 Å². The van der Waals surface area contributed by atoms with Crippen molar-refractivity contribution in [2.45, 2.75) is 19.5 Å². The van der Waals surface area contributed by atoms with Crippen LogP contribution in [0.4, 0.5) is 0 Å². The van der Waals surface area contributed by atoms with E-state index in [0.29, 0.717) is 10.6 Å². The fourth-order valence-corrected chi connectivity index (χ4v) is 4.03. The number of fused-ring (bicyclic) bond motifs is 3. The van der Waals surface area contributed by atoms with Gasteiger partial charge in [-0.2, -0.15) is 5.26 Å². The maximum Gasteiger partial charge on any atom is 0.347 e. The summed E-state index contributed by atoms with van der Waals surface area (Å²) in [6.07, 6.45) is 1.36. The van der Waals surface area contributed by atoms with Gasteiger partial charge in [-0.15, -0.1) is 11.3 Å². The summed E-state index contributed by atoms with van der Waals surface area (Å²) in [5.41, 5.74) is 3.47. The van der Waals surface area contributed by atoms with Crippen LogP contribution in [-0.4, -0.2) is 27.2 Å². The summed E-state index contributed by atoms with van der Waals surface area (Å²) in [6.45, 7) is 3.78.